The van der Waals surface area contributed by atoms with Crippen molar-refractivity contribution in [1.29, 1.82) is 0 Å². The number of amides is 1. The third-order valence-corrected chi connectivity index (χ3v) is 5.62. The van der Waals surface area contributed by atoms with E-state index in [2.05, 4.69) is 12.2 Å². The van der Waals surface area contributed by atoms with Gasteiger partial charge in [0.1, 0.15) is 5.00 Å². The number of likely N-dealkylation sites (tertiary alicyclic amines) is 1. The molecule has 122 valence electrons. The first-order valence-corrected chi connectivity index (χ1v) is 8.58. The summed E-state index contributed by atoms with van der Waals surface area (Å²) in [5.41, 5.74) is 1.37. The Bertz CT molecular complexity index is 568. The minimum atomic E-state index is -0.393. The first kappa shape index (κ1) is 17.0. The SMILES string of the molecule is COC(=O)c1c(NC(=O)C[NH+]2CCCC[C@H]2C)sc(C)c1C. The number of rotatable bonds is 4. The van der Waals surface area contributed by atoms with Crippen LogP contribution in [-0.4, -0.2) is 38.1 Å². The zero-order chi connectivity index (χ0) is 16.3. The molecule has 1 unspecified atom stereocenters. The van der Waals surface area contributed by atoms with Crippen molar-refractivity contribution in [2.75, 3.05) is 25.5 Å². The maximum absolute atomic E-state index is 12.3. The summed E-state index contributed by atoms with van der Waals surface area (Å²) in [6.45, 7) is 7.52. The molecule has 0 bridgehead atoms. The van der Waals surface area contributed by atoms with Crippen LogP contribution in [-0.2, 0) is 9.53 Å². The quantitative estimate of drug-likeness (QED) is 0.826. The van der Waals surface area contributed by atoms with Gasteiger partial charge in [-0.25, -0.2) is 4.79 Å². The van der Waals surface area contributed by atoms with Crippen LogP contribution in [0.25, 0.3) is 0 Å². The lowest BCUT2D eigenvalue weighted by Crippen LogP contribution is -3.17. The van der Waals surface area contributed by atoms with Gasteiger partial charge in [0.15, 0.2) is 6.54 Å². The van der Waals surface area contributed by atoms with Gasteiger partial charge in [-0.05, 0) is 45.6 Å². The molecule has 0 radical (unpaired) electrons. The van der Waals surface area contributed by atoms with Crippen molar-refractivity contribution in [3.8, 4) is 0 Å². The van der Waals surface area contributed by atoms with Gasteiger partial charge < -0.3 is 15.0 Å². The fourth-order valence-corrected chi connectivity index (χ4v) is 4.02. The van der Waals surface area contributed by atoms with Crippen molar-refractivity contribution in [1.82, 2.24) is 0 Å². The topological polar surface area (TPSA) is 59.8 Å². The van der Waals surface area contributed by atoms with E-state index < -0.39 is 5.97 Å². The number of quaternary nitrogens is 1. The molecule has 5 nitrogen and oxygen atoms in total. The molecule has 1 saturated heterocycles. The monoisotopic (exact) mass is 325 g/mol. The minimum Gasteiger partial charge on any atom is -0.465 e. The summed E-state index contributed by atoms with van der Waals surface area (Å²) < 4.78 is 4.83. The molecule has 2 atom stereocenters. The molecule has 2 N–H and O–H groups in total. The molecule has 1 fully saturated rings. The molecule has 1 aliphatic rings. The Kier molecular flexibility index (Phi) is 5.58. The number of hydrogen-bond donors (Lipinski definition) is 2. The maximum Gasteiger partial charge on any atom is 0.341 e. The molecule has 0 saturated carbocycles. The number of carbonyl (C=O) groups is 2. The predicted octanol–water partition coefficient (Wildman–Crippen LogP) is 1.55. The first-order chi connectivity index (χ1) is 10.4. The predicted molar refractivity (Wildman–Crippen MR) is 87.8 cm³/mol. The van der Waals surface area contributed by atoms with Gasteiger partial charge in [0, 0.05) is 4.88 Å². The van der Waals surface area contributed by atoms with Crippen molar-refractivity contribution in [3.05, 3.63) is 16.0 Å². The van der Waals surface area contributed by atoms with E-state index in [1.54, 1.807) is 0 Å². The molecule has 0 spiro atoms. The van der Waals surface area contributed by atoms with E-state index in [1.165, 1.54) is 42.6 Å². The second kappa shape index (κ2) is 7.24. The van der Waals surface area contributed by atoms with Crippen molar-refractivity contribution < 1.29 is 19.2 Å². The highest BCUT2D eigenvalue weighted by molar-refractivity contribution is 7.16. The number of anilines is 1. The van der Waals surface area contributed by atoms with Gasteiger partial charge in [0.25, 0.3) is 5.91 Å². The molecule has 6 heteroatoms. The van der Waals surface area contributed by atoms with E-state index in [-0.39, 0.29) is 5.91 Å². The maximum atomic E-state index is 12.3. The Hall–Kier alpha value is -1.40. The second-order valence-electron chi connectivity index (χ2n) is 6.01. The molecule has 22 heavy (non-hydrogen) atoms. The third kappa shape index (κ3) is 3.67. The Balaban J connectivity index is 2.08. The van der Waals surface area contributed by atoms with E-state index in [1.807, 2.05) is 13.8 Å². The minimum absolute atomic E-state index is 0.0323. The zero-order valence-electron chi connectivity index (χ0n) is 13.7. The first-order valence-electron chi connectivity index (χ1n) is 7.76. The lowest BCUT2D eigenvalue weighted by atomic mass is 10.0. The highest BCUT2D eigenvalue weighted by Gasteiger charge is 2.26. The van der Waals surface area contributed by atoms with Crippen LogP contribution < -0.4 is 10.2 Å². The molecule has 1 aromatic rings. The summed E-state index contributed by atoms with van der Waals surface area (Å²) in [7, 11) is 1.36. The average molecular weight is 325 g/mol. The number of esters is 1. The Morgan fingerprint density at radius 1 is 1.36 bits per heavy atom. The van der Waals surface area contributed by atoms with Crippen LogP contribution in [0, 0.1) is 13.8 Å². The van der Waals surface area contributed by atoms with Crippen LogP contribution in [0.3, 0.4) is 0 Å². The zero-order valence-corrected chi connectivity index (χ0v) is 14.6. The number of nitrogens with one attached hydrogen (secondary N) is 2. The average Bonchev–Trinajstić information content (AvgIpc) is 2.75. The van der Waals surface area contributed by atoms with Crippen LogP contribution in [0.15, 0.2) is 0 Å². The molecule has 2 rings (SSSR count). The molecular weight excluding hydrogens is 300 g/mol. The smallest absolute Gasteiger partial charge is 0.341 e. The largest absolute Gasteiger partial charge is 0.465 e. The number of thiophene rings is 1. The Morgan fingerprint density at radius 2 is 2.09 bits per heavy atom. The summed E-state index contributed by atoms with van der Waals surface area (Å²) in [5.74, 6) is -0.425. The summed E-state index contributed by atoms with van der Waals surface area (Å²) >= 11 is 1.43. The van der Waals surface area contributed by atoms with Crippen LogP contribution in [0.2, 0.25) is 0 Å². The van der Waals surface area contributed by atoms with E-state index in [0.717, 1.165) is 17.0 Å². The Labute approximate surface area is 135 Å². The second-order valence-corrected chi connectivity index (χ2v) is 7.23. The fraction of sp³-hybridized carbons (Fsp3) is 0.625. The van der Waals surface area contributed by atoms with E-state index >= 15 is 0 Å². The number of piperidine rings is 1. The molecular formula is C16H25N2O3S+. The van der Waals surface area contributed by atoms with E-state index in [9.17, 15) is 9.59 Å². The van der Waals surface area contributed by atoms with Gasteiger partial charge in [-0.1, -0.05) is 0 Å². The molecule has 0 aromatic carbocycles. The van der Waals surface area contributed by atoms with Gasteiger partial charge in [0.05, 0.1) is 25.3 Å². The lowest BCUT2D eigenvalue weighted by Gasteiger charge is -2.29. The van der Waals surface area contributed by atoms with Gasteiger partial charge in [-0.2, -0.15) is 0 Å². The highest BCUT2D eigenvalue weighted by atomic mass is 32.1. The summed E-state index contributed by atoms with van der Waals surface area (Å²) in [4.78, 5) is 26.6. The van der Waals surface area contributed by atoms with Crippen LogP contribution in [0.4, 0.5) is 5.00 Å². The van der Waals surface area contributed by atoms with Gasteiger partial charge in [-0.3, -0.25) is 4.79 Å². The molecule has 1 amide bonds. The standard InChI is InChI=1S/C16H24N2O3S/c1-10-7-5-6-8-18(10)9-13(19)17-15-14(16(20)21-4)11(2)12(3)22-15/h10H,5-9H2,1-4H3,(H,17,19)/p+1/t10-/m1/s1. The van der Waals surface area contributed by atoms with Gasteiger partial charge in [0.2, 0.25) is 0 Å². The third-order valence-electron chi connectivity index (χ3n) is 4.50. The van der Waals surface area contributed by atoms with Crippen molar-refractivity contribution in [2.24, 2.45) is 0 Å². The number of aryl methyl sites for hydroxylation is 1. The van der Waals surface area contributed by atoms with E-state index in [0.29, 0.717) is 23.2 Å². The van der Waals surface area contributed by atoms with Gasteiger partial charge in [-0.15, -0.1) is 11.3 Å². The van der Waals surface area contributed by atoms with Crippen LogP contribution in [0.5, 0.6) is 0 Å². The molecule has 2 heterocycles. The van der Waals surface area contributed by atoms with Crippen molar-refractivity contribution in [2.45, 2.75) is 46.1 Å². The molecule has 1 aliphatic heterocycles. The van der Waals surface area contributed by atoms with Crippen LogP contribution >= 0.6 is 11.3 Å². The van der Waals surface area contributed by atoms with Crippen molar-refractivity contribution in [3.63, 3.8) is 0 Å². The number of carbonyl (C=O) groups excluding carboxylic acids is 2. The summed E-state index contributed by atoms with van der Waals surface area (Å²) in [5, 5.41) is 3.52. The van der Waals surface area contributed by atoms with E-state index in [4.69, 9.17) is 4.74 Å². The van der Waals surface area contributed by atoms with Gasteiger partial charge >= 0.3 is 5.97 Å². The fourth-order valence-electron chi connectivity index (χ4n) is 2.96. The number of methoxy groups -OCH3 is 1. The molecule has 1 aromatic heterocycles. The Morgan fingerprint density at radius 3 is 2.73 bits per heavy atom. The normalized spacial score (nSPS) is 21.5. The summed E-state index contributed by atoms with van der Waals surface area (Å²) in [6, 6.07) is 0.520. The van der Waals surface area contributed by atoms with Crippen molar-refractivity contribution >= 4 is 28.2 Å². The lowest BCUT2D eigenvalue weighted by molar-refractivity contribution is -0.920. The highest BCUT2D eigenvalue weighted by Crippen LogP contribution is 2.32. The summed E-state index contributed by atoms with van der Waals surface area (Å²) in [6.07, 6.45) is 3.60. The molecule has 0 aliphatic carbocycles. The number of hydrogen-bond acceptors (Lipinski definition) is 4. The van der Waals surface area contributed by atoms with Crippen LogP contribution in [0.1, 0.15) is 47.0 Å². The number of ether oxygens (including phenoxy) is 1.